The van der Waals surface area contributed by atoms with Gasteiger partial charge in [0.05, 0.1) is 46.0 Å². The van der Waals surface area contributed by atoms with Gasteiger partial charge in [-0.15, -0.1) is 0 Å². The molecule has 0 saturated carbocycles. The molecule has 0 spiro atoms. The van der Waals surface area contributed by atoms with Crippen LogP contribution in [0, 0.1) is 61.4 Å². The smallest absolute Gasteiger partial charge is 0.269 e. The van der Waals surface area contributed by atoms with E-state index in [0.29, 0.717) is 5.56 Å². The highest BCUT2D eigenvalue weighted by atomic mass is 16.6. The molecule has 1 aromatic heterocycles. The molecule has 0 radical (unpaired) electrons. The third-order valence-electron chi connectivity index (χ3n) is 4.62. The maximum Gasteiger partial charge on any atom is 0.269 e. The molecule has 2 heterocycles. The molecule has 1 aromatic carbocycles. The Labute approximate surface area is 169 Å². The van der Waals surface area contributed by atoms with Gasteiger partial charge in [-0.2, -0.15) is 21.0 Å². The standard InChI is InChI=1S/C19H11N9O2/c20-5-10(6-21)17-12(7-22)14(9-2-1-3-11(4-9)28(29)30)15-16(24)13(8-23)18(25)27-19(15)26-17/h1-4,10,14H,(H5,24,25,26,27). The summed E-state index contributed by atoms with van der Waals surface area (Å²) in [4.78, 5) is 14.8. The molecule has 5 N–H and O–H groups in total. The SMILES string of the molecule is N#CC1=C(C(C#N)C#N)Nc2nc(N)c(C#N)c(N)c2C1c1cccc([N+](=O)[O-])c1. The number of allylic oxidation sites excluding steroid dienone is 2. The van der Waals surface area contributed by atoms with Crippen molar-refractivity contribution >= 4 is 23.0 Å². The van der Waals surface area contributed by atoms with Crippen molar-refractivity contribution < 1.29 is 4.92 Å². The number of nitrogen functional groups attached to an aromatic ring is 2. The summed E-state index contributed by atoms with van der Waals surface area (Å²) in [5, 5.41) is 52.0. The van der Waals surface area contributed by atoms with Crippen LogP contribution in [0.2, 0.25) is 0 Å². The van der Waals surface area contributed by atoms with Gasteiger partial charge in [-0.05, 0) is 5.56 Å². The van der Waals surface area contributed by atoms with Crippen LogP contribution in [0.5, 0.6) is 0 Å². The number of nitrogens with one attached hydrogen (secondary N) is 1. The minimum atomic E-state index is -1.34. The molecular weight excluding hydrogens is 386 g/mol. The number of aromatic nitrogens is 1. The van der Waals surface area contributed by atoms with E-state index in [4.69, 9.17) is 11.5 Å². The van der Waals surface area contributed by atoms with Crippen molar-refractivity contribution in [3.8, 4) is 24.3 Å². The van der Waals surface area contributed by atoms with Crippen LogP contribution in [-0.2, 0) is 0 Å². The lowest BCUT2D eigenvalue weighted by Crippen LogP contribution is -2.25. The first-order valence-corrected chi connectivity index (χ1v) is 8.31. The molecule has 1 aliphatic rings. The summed E-state index contributed by atoms with van der Waals surface area (Å²) >= 11 is 0. The highest BCUT2D eigenvalue weighted by Gasteiger charge is 2.37. The average Bonchev–Trinajstić information content (AvgIpc) is 2.74. The van der Waals surface area contributed by atoms with E-state index < -0.39 is 16.8 Å². The fourth-order valence-corrected chi connectivity index (χ4v) is 3.30. The number of nitrogens with two attached hydrogens (primary N) is 2. The van der Waals surface area contributed by atoms with Gasteiger partial charge in [0, 0.05) is 17.7 Å². The van der Waals surface area contributed by atoms with Gasteiger partial charge in [-0.25, -0.2) is 4.98 Å². The molecule has 0 bridgehead atoms. The zero-order valence-electron chi connectivity index (χ0n) is 15.1. The summed E-state index contributed by atoms with van der Waals surface area (Å²) in [5.41, 5.74) is 12.0. The predicted molar refractivity (Wildman–Crippen MR) is 104 cm³/mol. The number of hydrogen-bond acceptors (Lipinski definition) is 10. The third-order valence-corrected chi connectivity index (χ3v) is 4.62. The van der Waals surface area contributed by atoms with E-state index in [-0.39, 0.29) is 45.4 Å². The molecule has 0 saturated heterocycles. The Morgan fingerprint density at radius 3 is 2.43 bits per heavy atom. The number of nitro benzene ring substituents is 1. The van der Waals surface area contributed by atoms with E-state index in [1.54, 1.807) is 12.1 Å². The van der Waals surface area contributed by atoms with E-state index in [0.717, 1.165) is 0 Å². The summed E-state index contributed by atoms with van der Waals surface area (Å²) in [5.74, 6) is -2.46. The number of benzene rings is 1. The Morgan fingerprint density at radius 1 is 1.17 bits per heavy atom. The number of hydrogen-bond donors (Lipinski definition) is 3. The Morgan fingerprint density at radius 2 is 1.87 bits per heavy atom. The normalized spacial score (nSPS) is 14.5. The maximum absolute atomic E-state index is 11.2. The van der Waals surface area contributed by atoms with E-state index in [2.05, 4.69) is 10.3 Å². The first-order valence-electron chi connectivity index (χ1n) is 8.31. The molecule has 2 aromatic rings. The topological polar surface area (TPSA) is 215 Å². The van der Waals surface area contributed by atoms with Crippen LogP contribution in [-0.4, -0.2) is 9.91 Å². The van der Waals surface area contributed by atoms with Crippen molar-refractivity contribution in [3.63, 3.8) is 0 Å². The predicted octanol–water partition coefficient (Wildman–Crippen LogP) is 2.02. The molecule has 11 heteroatoms. The molecule has 1 atom stereocenters. The first-order chi connectivity index (χ1) is 14.4. The Balaban J connectivity index is 2.42. The molecule has 0 aliphatic carbocycles. The quantitative estimate of drug-likeness (QED) is 0.505. The molecule has 144 valence electrons. The second kappa shape index (κ2) is 7.47. The van der Waals surface area contributed by atoms with Crippen LogP contribution in [0.15, 0.2) is 35.5 Å². The van der Waals surface area contributed by atoms with Crippen LogP contribution in [0.25, 0.3) is 0 Å². The van der Waals surface area contributed by atoms with Gasteiger partial charge in [0.15, 0.2) is 5.92 Å². The van der Waals surface area contributed by atoms with Crippen LogP contribution in [0.3, 0.4) is 0 Å². The van der Waals surface area contributed by atoms with Crippen molar-refractivity contribution in [2.24, 2.45) is 5.92 Å². The van der Waals surface area contributed by atoms with Gasteiger partial charge in [-0.1, -0.05) is 12.1 Å². The van der Waals surface area contributed by atoms with Gasteiger partial charge in [0.25, 0.3) is 5.69 Å². The maximum atomic E-state index is 11.2. The van der Waals surface area contributed by atoms with Crippen molar-refractivity contribution in [3.05, 3.63) is 62.3 Å². The van der Waals surface area contributed by atoms with Crippen molar-refractivity contribution in [1.29, 1.82) is 21.0 Å². The number of nitro groups is 1. The van der Waals surface area contributed by atoms with E-state index in [1.165, 1.54) is 24.3 Å². The lowest BCUT2D eigenvalue weighted by molar-refractivity contribution is -0.384. The molecule has 30 heavy (non-hydrogen) atoms. The van der Waals surface area contributed by atoms with Gasteiger partial charge >= 0.3 is 0 Å². The third kappa shape index (κ3) is 2.95. The van der Waals surface area contributed by atoms with Crippen molar-refractivity contribution in [1.82, 2.24) is 4.98 Å². The van der Waals surface area contributed by atoms with Crippen molar-refractivity contribution in [2.75, 3.05) is 16.8 Å². The molecule has 1 unspecified atom stereocenters. The second-order valence-corrected chi connectivity index (χ2v) is 6.20. The number of pyridine rings is 1. The molecule has 11 nitrogen and oxygen atoms in total. The van der Waals surface area contributed by atoms with Crippen LogP contribution in [0.1, 0.15) is 22.6 Å². The minimum absolute atomic E-state index is 0.0255. The van der Waals surface area contributed by atoms with Crippen LogP contribution in [0.4, 0.5) is 23.0 Å². The number of nitriles is 4. The number of non-ortho nitro benzene ring substituents is 1. The lowest BCUT2D eigenvalue weighted by Gasteiger charge is -2.30. The van der Waals surface area contributed by atoms with Crippen molar-refractivity contribution in [2.45, 2.75) is 5.92 Å². The Kier molecular flexibility index (Phi) is 4.89. The monoisotopic (exact) mass is 397 g/mol. The summed E-state index contributed by atoms with van der Waals surface area (Å²) in [6.07, 6.45) is 0. The summed E-state index contributed by atoms with van der Waals surface area (Å²) in [6, 6.07) is 12.9. The fraction of sp³-hybridized carbons (Fsp3) is 0.105. The minimum Gasteiger partial charge on any atom is -0.397 e. The fourth-order valence-electron chi connectivity index (χ4n) is 3.30. The first kappa shape index (κ1) is 19.6. The highest BCUT2D eigenvalue weighted by molar-refractivity contribution is 5.80. The lowest BCUT2D eigenvalue weighted by atomic mass is 9.79. The number of anilines is 3. The zero-order valence-corrected chi connectivity index (χ0v) is 15.1. The van der Waals surface area contributed by atoms with Crippen LogP contribution >= 0.6 is 0 Å². The van der Waals surface area contributed by atoms with E-state index in [1.807, 2.05) is 12.1 Å². The average molecular weight is 397 g/mol. The molecule has 0 amide bonds. The zero-order chi connectivity index (χ0) is 22.0. The van der Waals surface area contributed by atoms with Gasteiger partial charge in [0.2, 0.25) is 0 Å². The largest absolute Gasteiger partial charge is 0.397 e. The van der Waals surface area contributed by atoms with E-state index >= 15 is 0 Å². The summed E-state index contributed by atoms with van der Waals surface area (Å²) in [7, 11) is 0. The van der Waals surface area contributed by atoms with E-state index in [9.17, 15) is 31.2 Å². The number of rotatable bonds is 3. The summed E-state index contributed by atoms with van der Waals surface area (Å²) in [6.45, 7) is 0. The Bertz CT molecular complexity index is 1270. The second-order valence-electron chi connectivity index (χ2n) is 6.20. The Hall–Kier alpha value is -5.13. The summed E-state index contributed by atoms with van der Waals surface area (Å²) < 4.78 is 0. The molecular formula is C19H11N9O2. The van der Waals surface area contributed by atoms with Gasteiger partial charge in [0.1, 0.15) is 23.3 Å². The molecule has 0 fully saturated rings. The van der Waals surface area contributed by atoms with Crippen LogP contribution < -0.4 is 16.8 Å². The number of nitrogens with zero attached hydrogens (tertiary/aromatic N) is 6. The molecule has 3 rings (SSSR count). The van der Waals surface area contributed by atoms with Gasteiger partial charge < -0.3 is 16.8 Å². The van der Waals surface area contributed by atoms with Gasteiger partial charge in [-0.3, -0.25) is 10.1 Å². The highest BCUT2D eigenvalue weighted by Crippen LogP contribution is 2.47. The number of fused-ring (bicyclic) bond motifs is 1. The molecule has 1 aliphatic heterocycles.